The Hall–Kier alpha value is -2.92. The van der Waals surface area contributed by atoms with Gasteiger partial charge in [0.15, 0.2) is 11.7 Å². The number of allylic oxidation sites excluding steroid dienone is 1. The van der Waals surface area contributed by atoms with Crippen molar-refractivity contribution in [3.63, 3.8) is 0 Å². The first-order chi connectivity index (χ1) is 15.1. The second-order valence-electron chi connectivity index (χ2n) is 6.95. The quantitative estimate of drug-likeness (QED) is 0.215. The summed E-state index contributed by atoms with van der Waals surface area (Å²) < 4.78 is 46.2. The second-order valence-corrected chi connectivity index (χ2v) is 8.19. The smallest absolute Gasteiger partial charge is 0.397 e. The molecule has 0 aliphatic heterocycles. The number of nitrogens with two attached hydrogens (primary N) is 1. The molecular weight excluding hydrogens is 469 g/mol. The number of halogens is 4. The lowest BCUT2D eigenvalue weighted by atomic mass is 10.1. The highest BCUT2D eigenvalue weighted by Crippen LogP contribution is 2.57. The van der Waals surface area contributed by atoms with Crippen LogP contribution in [0.5, 0.6) is 5.75 Å². The van der Waals surface area contributed by atoms with Crippen LogP contribution in [0.1, 0.15) is 23.2 Å². The molecule has 7 nitrogen and oxygen atoms in total. The number of amides is 1. The molecule has 1 aliphatic rings. The number of benzene rings is 1. The normalized spacial score (nSPS) is 15.6. The van der Waals surface area contributed by atoms with Gasteiger partial charge in [0.05, 0.1) is 5.56 Å². The van der Waals surface area contributed by atoms with E-state index < -0.39 is 24.1 Å². The first-order valence-electron chi connectivity index (χ1n) is 9.22. The van der Waals surface area contributed by atoms with Crippen molar-refractivity contribution in [2.75, 3.05) is 6.61 Å². The maximum atomic E-state index is 12.9. The molecule has 12 heteroatoms. The molecule has 2 aromatic rings. The van der Waals surface area contributed by atoms with Crippen molar-refractivity contribution in [1.82, 2.24) is 9.71 Å². The molecule has 0 bridgehead atoms. The summed E-state index contributed by atoms with van der Waals surface area (Å²) in [6.07, 6.45) is -1.87. The molecule has 32 heavy (non-hydrogen) atoms. The zero-order chi connectivity index (χ0) is 23.4. The number of phenolic OH excluding ortho intramolecular Hbond substituents is 1. The molecule has 170 valence electrons. The number of hydrogen-bond donors (Lipinski definition) is 3. The van der Waals surface area contributed by atoms with E-state index >= 15 is 0 Å². The number of carbonyl (C=O) groups is 1. The van der Waals surface area contributed by atoms with E-state index in [0.29, 0.717) is 4.90 Å². The summed E-state index contributed by atoms with van der Waals surface area (Å²) in [5, 5.41) is 9.35. The third kappa shape index (κ3) is 6.07. The van der Waals surface area contributed by atoms with E-state index in [1.165, 1.54) is 36.6 Å². The summed E-state index contributed by atoms with van der Waals surface area (Å²) in [4.78, 5) is 20.9. The number of nitrogens with one attached hydrogen (secondary N) is 1. The van der Waals surface area contributed by atoms with Gasteiger partial charge in [-0.05, 0) is 55.1 Å². The van der Waals surface area contributed by atoms with Crippen LogP contribution in [0.4, 0.5) is 19.0 Å². The highest BCUT2D eigenvalue weighted by atomic mass is 35.5. The minimum Gasteiger partial charge on any atom is -0.508 e. The molecule has 0 unspecified atom stereocenters. The molecule has 0 atom stereocenters. The largest absolute Gasteiger partial charge is 0.508 e. The highest BCUT2D eigenvalue weighted by Gasteiger charge is 2.63. The Morgan fingerprint density at radius 3 is 2.75 bits per heavy atom. The van der Waals surface area contributed by atoms with Gasteiger partial charge < -0.3 is 15.6 Å². The van der Waals surface area contributed by atoms with E-state index in [1.807, 2.05) is 0 Å². The predicted octanol–water partition coefficient (Wildman–Crippen LogP) is 4.74. The SMILES string of the molecule is NC(=CC=Nc1ccc(C(=O)NSc2cccc(O)c2)c(Cl)n1)OCC1(C(F)(F)F)CC1. The number of aliphatic imine (C=N–C) groups is 1. The summed E-state index contributed by atoms with van der Waals surface area (Å²) in [6.45, 7) is -0.541. The number of pyridine rings is 1. The Balaban J connectivity index is 1.54. The number of carbonyl (C=O) groups excluding carboxylic acids is 1. The van der Waals surface area contributed by atoms with E-state index in [9.17, 15) is 23.1 Å². The summed E-state index contributed by atoms with van der Waals surface area (Å²) in [7, 11) is 0. The van der Waals surface area contributed by atoms with Crippen LogP contribution >= 0.6 is 23.5 Å². The van der Waals surface area contributed by atoms with Gasteiger partial charge >= 0.3 is 6.18 Å². The number of aromatic hydroxyl groups is 1. The zero-order valence-corrected chi connectivity index (χ0v) is 18.0. The molecule has 1 amide bonds. The summed E-state index contributed by atoms with van der Waals surface area (Å²) in [5.74, 6) is -0.484. The van der Waals surface area contributed by atoms with Gasteiger partial charge in [-0.3, -0.25) is 9.52 Å². The zero-order valence-electron chi connectivity index (χ0n) is 16.4. The van der Waals surface area contributed by atoms with E-state index in [1.54, 1.807) is 12.1 Å². The number of phenols is 1. The number of alkyl halides is 3. The van der Waals surface area contributed by atoms with E-state index in [2.05, 4.69) is 14.7 Å². The number of rotatable bonds is 8. The van der Waals surface area contributed by atoms with Crippen molar-refractivity contribution in [1.29, 1.82) is 0 Å². The van der Waals surface area contributed by atoms with Gasteiger partial charge in [0.1, 0.15) is 22.9 Å². The van der Waals surface area contributed by atoms with Crippen LogP contribution in [-0.2, 0) is 4.74 Å². The molecule has 1 aliphatic carbocycles. The Bertz CT molecular complexity index is 1060. The maximum Gasteiger partial charge on any atom is 0.397 e. The van der Waals surface area contributed by atoms with E-state index in [0.717, 1.165) is 11.9 Å². The monoisotopic (exact) mass is 486 g/mol. The average molecular weight is 487 g/mol. The molecule has 1 aromatic heterocycles. The van der Waals surface area contributed by atoms with Gasteiger partial charge in [0.2, 0.25) is 0 Å². The van der Waals surface area contributed by atoms with Crippen molar-refractivity contribution < 1.29 is 27.8 Å². The Kier molecular flexibility index (Phi) is 7.19. The van der Waals surface area contributed by atoms with E-state index in [4.69, 9.17) is 22.1 Å². The Labute approximate surface area is 190 Å². The average Bonchev–Trinajstić information content (AvgIpc) is 3.52. The predicted molar refractivity (Wildman–Crippen MR) is 115 cm³/mol. The first kappa shape index (κ1) is 23.7. The molecule has 1 fully saturated rings. The fourth-order valence-corrected chi connectivity index (χ4v) is 3.37. The molecule has 3 rings (SSSR count). The van der Waals surface area contributed by atoms with Crippen molar-refractivity contribution in [2.24, 2.45) is 16.1 Å². The standard InChI is InChI=1S/C20H18ClF3N4O3S/c21-17-14(18(30)28-32-13-3-1-2-12(29)10-13)4-5-16(27-17)26-9-6-15(25)31-11-19(7-8-19)20(22,23)24/h1-6,9-10,29H,7-8,11,25H2,(H,28,30). The number of hydrogen-bond acceptors (Lipinski definition) is 7. The van der Waals surface area contributed by atoms with Gasteiger partial charge in [-0.15, -0.1) is 0 Å². The number of ether oxygens (including phenoxy) is 1. The molecule has 0 radical (unpaired) electrons. The molecule has 1 aromatic carbocycles. The van der Waals surface area contributed by atoms with Gasteiger partial charge in [-0.1, -0.05) is 17.7 Å². The summed E-state index contributed by atoms with van der Waals surface area (Å²) in [6, 6.07) is 9.19. The molecule has 4 N–H and O–H groups in total. The first-order valence-corrected chi connectivity index (χ1v) is 10.4. The second kappa shape index (κ2) is 9.70. The van der Waals surface area contributed by atoms with Gasteiger partial charge in [0, 0.05) is 17.2 Å². The topological polar surface area (TPSA) is 110 Å². The van der Waals surface area contributed by atoms with Crippen LogP contribution in [0.15, 0.2) is 58.2 Å². The van der Waals surface area contributed by atoms with Crippen molar-refractivity contribution in [3.05, 3.63) is 59.1 Å². The third-order valence-electron chi connectivity index (χ3n) is 4.57. The number of nitrogens with zero attached hydrogens (tertiary/aromatic N) is 2. The summed E-state index contributed by atoms with van der Waals surface area (Å²) in [5.41, 5.74) is 3.86. The summed E-state index contributed by atoms with van der Waals surface area (Å²) >= 11 is 7.05. The van der Waals surface area contributed by atoms with Gasteiger partial charge in [0.25, 0.3) is 5.91 Å². The van der Waals surface area contributed by atoms with E-state index in [-0.39, 0.29) is 41.0 Å². The lowest BCUT2D eigenvalue weighted by Gasteiger charge is -2.19. The van der Waals surface area contributed by atoms with Crippen LogP contribution in [-0.4, -0.2) is 35.0 Å². The fraction of sp³-hybridized carbons (Fsp3) is 0.250. The van der Waals surface area contributed by atoms with Crippen LogP contribution in [0, 0.1) is 5.41 Å². The van der Waals surface area contributed by atoms with Crippen LogP contribution in [0.3, 0.4) is 0 Å². The minimum absolute atomic E-state index is 0.0204. The van der Waals surface area contributed by atoms with Gasteiger partial charge in [-0.25, -0.2) is 9.98 Å². The molecule has 0 spiro atoms. The molecule has 0 saturated heterocycles. The third-order valence-corrected chi connectivity index (χ3v) is 5.64. The molecular formula is C20H18ClF3N4O3S. The lowest BCUT2D eigenvalue weighted by molar-refractivity contribution is -0.198. The van der Waals surface area contributed by atoms with Crippen molar-refractivity contribution in [2.45, 2.75) is 23.9 Å². The Morgan fingerprint density at radius 2 is 2.12 bits per heavy atom. The lowest BCUT2D eigenvalue weighted by Crippen LogP contribution is -2.29. The van der Waals surface area contributed by atoms with Crippen LogP contribution < -0.4 is 10.5 Å². The number of aromatic nitrogens is 1. The molecule has 1 saturated carbocycles. The maximum absolute atomic E-state index is 12.9. The Morgan fingerprint density at radius 1 is 1.38 bits per heavy atom. The van der Waals surface area contributed by atoms with Crippen molar-refractivity contribution >= 4 is 41.5 Å². The fourth-order valence-electron chi connectivity index (χ4n) is 2.49. The van der Waals surface area contributed by atoms with Crippen molar-refractivity contribution in [3.8, 4) is 5.75 Å². The van der Waals surface area contributed by atoms with Crippen LogP contribution in [0.2, 0.25) is 5.15 Å². The van der Waals surface area contributed by atoms with Gasteiger partial charge in [-0.2, -0.15) is 13.2 Å². The minimum atomic E-state index is -4.32. The highest BCUT2D eigenvalue weighted by molar-refractivity contribution is 7.98. The molecule has 1 heterocycles. The van der Waals surface area contributed by atoms with Crippen LogP contribution in [0.25, 0.3) is 0 Å².